The molecule has 1 saturated carbocycles. The molecule has 2 aliphatic rings. The summed E-state index contributed by atoms with van der Waals surface area (Å²) in [5.41, 5.74) is 12.9. The van der Waals surface area contributed by atoms with Crippen molar-refractivity contribution in [2.75, 3.05) is 0 Å². The molecule has 2 aromatic heterocycles. The van der Waals surface area contributed by atoms with Crippen LogP contribution in [-0.4, -0.2) is 14.5 Å². The lowest BCUT2D eigenvalue weighted by Gasteiger charge is -2.28. The van der Waals surface area contributed by atoms with Crippen molar-refractivity contribution in [3.63, 3.8) is 0 Å². The second kappa shape index (κ2) is 11.0. The molecule has 56 heavy (non-hydrogen) atoms. The van der Waals surface area contributed by atoms with Crippen LogP contribution in [0.4, 0.5) is 0 Å². The van der Waals surface area contributed by atoms with E-state index in [4.69, 9.17) is 9.97 Å². The van der Waals surface area contributed by atoms with E-state index >= 15 is 0 Å². The molecule has 0 N–H and O–H groups in total. The summed E-state index contributed by atoms with van der Waals surface area (Å²) in [4.78, 5) is 10.9. The zero-order valence-electron chi connectivity index (χ0n) is 30.4. The second-order valence-corrected chi connectivity index (χ2v) is 15.7. The first-order chi connectivity index (χ1) is 27.7. The maximum absolute atomic E-state index is 5.51. The van der Waals surface area contributed by atoms with E-state index in [9.17, 15) is 0 Å². The third-order valence-corrected chi connectivity index (χ3v) is 12.9. The van der Waals surface area contributed by atoms with E-state index in [0.717, 1.165) is 45.6 Å². The lowest BCUT2D eigenvalue weighted by atomic mass is 9.75. The minimum atomic E-state index is -0.0556. The number of aromatic nitrogens is 3. The number of rotatable bonds is 3. The Morgan fingerprint density at radius 3 is 2.00 bits per heavy atom. The van der Waals surface area contributed by atoms with Gasteiger partial charge in [0.05, 0.1) is 22.1 Å². The van der Waals surface area contributed by atoms with Crippen LogP contribution < -0.4 is 0 Å². The molecule has 0 radical (unpaired) electrons. The van der Waals surface area contributed by atoms with Crippen LogP contribution in [0, 0.1) is 0 Å². The van der Waals surface area contributed by atoms with E-state index in [2.05, 4.69) is 187 Å². The minimum Gasteiger partial charge on any atom is -0.292 e. The van der Waals surface area contributed by atoms with E-state index in [1.165, 1.54) is 70.9 Å². The van der Waals surface area contributed by atoms with Gasteiger partial charge in [-0.15, -0.1) is 0 Å². The molecule has 0 saturated heterocycles. The Labute approximate surface area is 323 Å². The molecule has 0 aliphatic heterocycles. The molecule has 2 heterocycles. The average molecular weight is 712 g/mol. The van der Waals surface area contributed by atoms with E-state index < -0.39 is 0 Å². The fraction of sp³-hybridized carbons (Fsp3) is 0.0566. The summed E-state index contributed by atoms with van der Waals surface area (Å²) >= 11 is 0. The minimum absolute atomic E-state index is 0.0556. The molecular formula is C53H33N3. The molecular weight excluding hydrogens is 679 g/mol. The highest BCUT2D eigenvalue weighted by Gasteiger charge is 2.60. The number of hydrogen-bond donors (Lipinski definition) is 0. The van der Waals surface area contributed by atoms with Gasteiger partial charge in [-0.05, 0) is 109 Å². The first kappa shape index (κ1) is 30.3. The van der Waals surface area contributed by atoms with Gasteiger partial charge in [0.2, 0.25) is 0 Å². The van der Waals surface area contributed by atoms with E-state index in [1.807, 2.05) is 0 Å². The van der Waals surface area contributed by atoms with Crippen molar-refractivity contribution in [2.45, 2.75) is 17.8 Å². The Hall–Kier alpha value is -7.10. The Balaban J connectivity index is 1.11. The molecule has 2 atom stereocenters. The van der Waals surface area contributed by atoms with Crippen LogP contribution in [-0.2, 0) is 5.41 Å². The van der Waals surface area contributed by atoms with Crippen LogP contribution in [0.25, 0.3) is 93.4 Å². The fourth-order valence-electron chi connectivity index (χ4n) is 10.3. The normalized spacial score (nSPS) is 17.1. The predicted octanol–water partition coefficient (Wildman–Crippen LogP) is 13.3. The zero-order chi connectivity index (χ0) is 36.5. The average Bonchev–Trinajstić information content (AvgIpc) is 3.96. The molecule has 0 amide bonds. The van der Waals surface area contributed by atoms with Crippen molar-refractivity contribution in [3.05, 3.63) is 199 Å². The molecule has 0 spiro atoms. The molecule has 2 aliphatic carbocycles. The summed E-state index contributed by atoms with van der Waals surface area (Å²) in [6.07, 6.45) is 1.11. The summed E-state index contributed by atoms with van der Waals surface area (Å²) in [6, 6.07) is 66.9. The maximum Gasteiger partial charge on any atom is 0.165 e. The molecule has 13 rings (SSSR count). The number of para-hydroxylation sites is 2. The highest BCUT2D eigenvalue weighted by molar-refractivity contribution is 6.21. The van der Waals surface area contributed by atoms with Crippen LogP contribution in [0.15, 0.2) is 182 Å². The molecule has 3 heteroatoms. The Bertz CT molecular complexity index is 3480. The lowest BCUT2D eigenvalue weighted by molar-refractivity contribution is 0.795. The van der Waals surface area contributed by atoms with Crippen LogP contribution >= 0.6 is 0 Å². The van der Waals surface area contributed by atoms with Crippen molar-refractivity contribution in [1.29, 1.82) is 0 Å². The van der Waals surface area contributed by atoms with Gasteiger partial charge in [0.1, 0.15) is 5.69 Å². The van der Waals surface area contributed by atoms with Gasteiger partial charge in [-0.1, -0.05) is 146 Å². The van der Waals surface area contributed by atoms with E-state index in [1.54, 1.807) is 0 Å². The lowest BCUT2D eigenvalue weighted by Crippen LogP contribution is -2.17. The van der Waals surface area contributed by atoms with E-state index in [-0.39, 0.29) is 5.41 Å². The predicted molar refractivity (Wildman–Crippen MR) is 232 cm³/mol. The highest BCUT2D eigenvalue weighted by atomic mass is 15.1. The van der Waals surface area contributed by atoms with Gasteiger partial charge >= 0.3 is 0 Å². The molecule has 0 bridgehead atoms. The van der Waals surface area contributed by atoms with Gasteiger partial charge < -0.3 is 0 Å². The number of nitrogens with zero attached hydrogens (tertiary/aromatic N) is 3. The monoisotopic (exact) mass is 711 g/mol. The number of hydrogen-bond acceptors (Lipinski definition) is 2. The Morgan fingerprint density at radius 2 is 1.12 bits per heavy atom. The summed E-state index contributed by atoms with van der Waals surface area (Å²) < 4.78 is 2.38. The first-order valence-corrected chi connectivity index (χ1v) is 19.6. The Morgan fingerprint density at radius 1 is 0.482 bits per heavy atom. The maximum atomic E-state index is 5.51. The topological polar surface area (TPSA) is 30.7 Å². The standard InChI is InChI=1S/C53H33N3/c1-3-13-37-32(11-1)21-22-34-23-24-35(29-42(34)37)51-52(55-47-20-10-9-19-46(47)54-51)56-48-28-26-36(30-43(48)50-38-14-4-2-12-33(38)25-27-49(50)56)53-31-45(53)41-17-6-5-15-39(41)40-16-7-8-18-44(40)53/h1-30,45H,31H2. The third kappa shape index (κ3) is 4.01. The molecule has 1 fully saturated rings. The molecule has 2 unspecified atom stereocenters. The number of benzene rings is 9. The van der Waals surface area contributed by atoms with Crippen molar-refractivity contribution >= 4 is 65.2 Å². The van der Waals surface area contributed by atoms with Crippen molar-refractivity contribution < 1.29 is 0 Å². The Kier molecular flexibility index (Phi) is 5.94. The highest BCUT2D eigenvalue weighted by Crippen LogP contribution is 2.69. The smallest absolute Gasteiger partial charge is 0.165 e. The molecule has 260 valence electrons. The number of fused-ring (bicyclic) bond motifs is 15. The summed E-state index contributed by atoms with van der Waals surface area (Å²) in [7, 11) is 0. The van der Waals surface area contributed by atoms with Crippen LogP contribution in [0.2, 0.25) is 0 Å². The van der Waals surface area contributed by atoms with Gasteiger partial charge in [0, 0.05) is 21.8 Å². The quantitative estimate of drug-likeness (QED) is 0.171. The third-order valence-electron chi connectivity index (χ3n) is 12.9. The summed E-state index contributed by atoms with van der Waals surface area (Å²) in [6.45, 7) is 0. The van der Waals surface area contributed by atoms with Crippen LogP contribution in [0.5, 0.6) is 0 Å². The summed E-state index contributed by atoms with van der Waals surface area (Å²) in [5, 5.41) is 9.87. The van der Waals surface area contributed by atoms with Gasteiger partial charge in [-0.2, -0.15) is 0 Å². The SMILES string of the molecule is c1ccc2c(c1)-c1ccccc1C1(c3ccc4c(c3)c3c5ccccc5ccc3n4-c3nc4ccccc4nc3-c3ccc4ccc5ccccc5c4c3)CC21. The zero-order valence-corrected chi connectivity index (χ0v) is 30.4. The van der Waals surface area contributed by atoms with E-state index in [0.29, 0.717) is 5.92 Å². The van der Waals surface area contributed by atoms with Crippen molar-refractivity contribution in [1.82, 2.24) is 14.5 Å². The van der Waals surface area contributed by atoms with Crippen LogP contribution in [0.1, 0.15) is 29.0 Å². The van der Waals surface area contributed by atoms with Crippen molar-refractivity contribution in [2.24, 2.45) is 0 Å². The fourth-order valence-corrected chi connectivity index (χ4v) is 10.3. The summed E-state index contributed by atoms with van der Waals surface area (Å²) in [5.74, 6) is 1.30. The molecule has 11 aromatic rings. The van der Waals surface area contributed by atoms with Crippen LogP contribution in [0.3, 0.4) is 0 Å². The first-order valence-electron chi connectivity index (χ1n) is 19.6. The van der Waals surface area contributed by atoms with Gasteiger partial charge in [0.25, 0.3) is 0 Å². The second-order valence-electron chi connectivity index (χ2n) is 15.7. The van der Waals surface area contributed by atoms with Gasteiger partial charge in [0.15, 0.2) is 5.82 Å². The molecule has 3 nitrogen and oxygen atoms in total. The molecule has 9 aromatic carbocycles. The van der Waals surface area contributed by atoms with Crippen molar-refractivity contribution in [3.8, 4) is 28.2 Å². The van der Waals surface area contributed by atoms with Gasteiger partial charge in [-0.3, -0.25) is 4.57 Å². The van der Waals surface area contributed by atoms with Gasteiger partial charge in [-0.25, -0.2) is 9.97 Å². The largest absolute Gasteiger partial charge is 0.292 e.